The fourth-order valence-electron chi connectivity index (χ4n) is 2.93. The number of hydrogen-bond donors (Lipinski definition) is 2. The van der Waals surface area contributed by atoms with E-state index in [1.165, 1.54) is 6.42 Å². The van der Waals surface area contributed by atoms with Crippen LogP contribution in [0.5, 0.6) is 0 Å². The lowest BCUT2D eigenvalue weighted by atomic mass is 9.83. The molecule has 0 aliphatic heterocycles. The Kier molecular flexibility index (Phi) is 5.02. The van der Waals surface area contributed by atoms with Crippen LogP contribution in [0.25, 0.3) is 0 Å². The number of nitrogens with two attached hydrogens (primary N) is 1. The molecule has 0 saturated heterocycles. The molecule has 4 heteroatoms. The van der Waals surface area contributed by atoms with E-state index in [4.69, 9.17) is 10.2 Å². The second-order valence-electron chi connectivity index (χ2n) is 5.59. The highest BCUT2D eigenvalue weighted by Crippen LogP contribution is 2.24. The molecule has 1 aromatic rings. The second-order valence-corrected chi connectivity index (χ2v) is 5.59. The fourth-order valence-corrected chi connectivity index (χ4v) is 2.93. The molecular formula is C15H24N2O2. The van der Waals surface area contributed by atoms with Crippen LogP contribution in [0, 0.1) is 5.92 Å². The van der Waals surface area contributed by atoms with E-state index in [1.807, 2.05) is 12.1 Å². The Morgan fingerprint density at radius 2 is 2.32 bits per heavy atom. The minimum Gasteiger partial charge on any atom is -0.469 e. The zero-order valence-corrected chi connectivity index (χ0v) is 11.6. The molecule has 1 aliphatic rings. The van der Waals surface area contributed by atoms with Crippen LogP contribution >= 0.6 is 0 Å². The lowest BCUT2D eigenvalue weighted by molar-refractivity contribution is -0.123. The largest absolute Gasteiger partial charge is 0.469 e. The van der Waals surface area contributed by atoms with Gasteiger partial charge in [0.15, 0.2) is 0 Å². The molecule has 1 amide bonds. The highest BCUT2D eigenvalue weighted by molar-refractivity contribution is 5.77. The van der Waals surface area contributed by atoms with E-state index in [2.05, 4.69) is 12.2 Å². The Hall–Kier alpha value is -1.29. The van der Waals surface area contributed by atoms with E-state index in [0.717, 1.165) is 37.9 Å². The summed E-state index contributed by atoms with van der Waals surface area (Å²) < 4.78 is 5.33. The molecule has 0 spiro atoms. The summed E-state index contributed by atoms with van der Waals surface area (Å²) in [5, 5.41) is 3.57. The molecule has 2 rings (SSSR count). The number of carbonyl (C=O) groups excluding carboxylic acids is 1. The Bertz CT molecular complexity index is 389. The van der Waals surface area contributed by atoms with Gasteiger partial charge in [-0.25, -0.2) is 0 Å². The summed E-state index contributed by atoms with van der Waals surface area (Å²) in [6.45, 7) is 2.16. The highest BCUT2D eigenvalue weighted by atomic mass is 16.3. The molecule has 19 heavy (non-hydrogen) atoms. The van der Waals surface area contributed by atoms with Crippen molar-refractivity contribution in [2.24, 2.45) is 11.7 Å². The van der Waals surface area contributed by atoms with E-state index in [9.17, 15) is 4.79 Å². The van der Waals surface area contributed by atoms with Gasteiger partial charge >= 0.3 is 0 Å². The van der Waals surface area contributed by atoms with E-state index >= 15 is 0 Å². The lowest BCUT2D eigenvalue weighted by Crippen LogP contribution is -2.47. The van der Waals surface area contributed by atoms with Crippen molar-refractivity contribution in [1.82, 2.24) is 5.32 Å². The number of primary amides is 1. The first-order valence-electron chi connectivity index (χ1n) is 7.24. The molecule has 1 fully saturated rings. The first-order valence-corrected chi connectivity index (χ1v) is 7.24. The zero-order chi connectivity index (χ0) is 13.7. The summed E-state index contributed by atoms with van der Waals surface area (Å²) in [6.07, 6.45) is 7.93. The lowest BCUT2D eigenvalue weighted by Gasteiger charge is -2.32. The maximum Gasteiger partial charge on any atom is 0.222 e. The summed E-state index contributed by atoms with van der Waals surface area (Å²) in [5.74, 6) is 0.860. The van der Waals surface area contributed by atoms with E-state index in [0.29, 0.717) is 6.04 Å². The van der Waals surface area contributed by atoms with E-state index in [1.54, 1.807) is 6.26 Å². The molecule has 1 heterocycles. The van der Waals surface area contributed by atoms with Crippen LogP contribution in [0.3, 0.4) is 0 Å². The average molecular weight is 264 g/mol. The molecule has 1 aliphatic carbocycles. The first-order chi connectivity index (χ1) is 9.16. The van der Waals surface area contributed by atoms with Gasteiger partial charge < -0.3 is 15.5 Å². The Labute approximate surface area is 114 Å². The minimum atomic E-state index is -0.157. The number of aryl methyl sites for hydroxylation is 1. The maximum atomic E-state index is 11.5. The van der Waals surface area contributed by atoms with E-state index in [-0.39, 0.29) is 17.9 Å². The van der Waals surface area contributed by atoms with Crippen LogP contribution in [-0.2, 0) is 11.2 Å². The van der Waals surface area contributed by atoms with Crippen molar-refractivity contribution < 1.29 is 9.21 Å². The van der Waals surface area contributed by atoms with Gasteiger partial charge in [0, 0.05) is 18.5 Å². The molecule has 0 bridgehead atoms. The van der Waals surface area contributed by atoms with Gasteiger partial charge in [-0.05, 0) is 38.3 Å². The van der Waals surface area contributed by atoms with Crippen molar-refractivity contribution in [3.8, 4) is 0 Å². The molecule has 4 nitrogen and oxygen atoms in total. The standard InChI is InChI=1S/C15H24N2O2/c1-11(8-9-12-5-4-10-19-12)17-14-7-3-2-6-13(14)15(16)18/h4-5,10-11,13-14,17H,2-3,6-9H2,1H3,(H2,16,18). The van der Waals surface area contributed by atoms with E-state index < -0.39 is 0 Å². The van der Waals surface area contributed by atoms with Crippen LogP contribution in [0.15, 0.2) is 22.8 Å². The molecule has 3 atom stereocenters. The number of rotatable bonds is 6. The van der Waals surface area contributed by atoms with Gasteiger partial charge in [-0.15, -0.1) is 0 Å². The summed E-state index contributed by atoms with van der Waals surface area (Å²) >= 11 is 0. The van der Waals surface area contributed by atoms with Gasteiger partial charge in [-0.1, -0.05) is 12.8 Å². The van der Waals surface area contributed by atoms with Crippen LogP contribution in [-0.4, -0.2) is 18.0 Å². The molecule has 0 radical (unpaired) electrons. The van der Waals surface area contributed by atoms with Gasteiger partial charge in [-0.3, -0.25) is 4.79 Å². The van der Waals surface area contributed by atoms with Crippen molar-refractivity contribution in [2.75, 3.05) is 0 Å². The molecule has 0 aromatic carbocycles. The average Bonchev–Trinajstić information content (AvgIpc) is 2.90. The topological polar surface area (TPSA) is 68.3 Å². The maximum absolute atomic E-state index is 11.5. The van der Waals surface area contributed by atoms with Crippen molar-refractivity contribution in [3.63, 3.8) is 0 Å². The third-order valence-corrected chi connectivity index (χ3v) is 4.03. The van der Waals surface area contributed by atoms with Gasteiger partial charge in [0.05, 0.1) is 12.2 Å². The number of carbonyl (C=O) groups is 1. The molecular weight excluding hydrogens is 240 g/mol. The summed E-state index contributed by atoms with van der Waals surface area (Å²) in [7, 11) is 0. The van der Waals surface area contributed by atoms with Gasteiger partial charge in [0.2, 0.25) is 5.91 Å². The Morgan fingerprint density at radius 1 is 1.53 bits per heavy atom. The normalized spacial score (nSPS) is 25.1. The summed E-state index contributed by atoms with van der Waals surface area (Å²) in [5.41, 5.74) is 5.49. The predicted octanol–water partition coefficient (Wildman–Crippen LogP) is 2.23. The predicted molar refractivity (Wildman–Crippen MR) is 74.6 cm³/mol. The number of nitrogens with one attached hydrogen (secondary N) is 1. The molecule has 3 unspecified atom stereocenters. The molecule has 3 N–H and O–H groups in total. The van der Waals surface area contributed by atoms with Crippen molar-refractivity contribution in [1.29, 1.82) is 0 Å². The third kappa shape index (κ3) is 4.10. The molecule has 106 valence electrons. The van der Waals surface area contributed by atoms with Crippen LogP contribution < -0.4 is 11.1 Å². The van der Waals surface area contributed by atoms with Crippen molar-refractivity contribution in [3.05, 3.63) is 24.2 Å². The van der Waals surface area contributed by atoms with Crippen LogP contribution in [0.2, 0.25) is 0 Å². The third-order valence-electron chi connectivity index (χ3n) is 4.03. The number of furan rings is 1. The van der Waals surface area contributed by atoms with Crippen molar-refractivity contribution in [2.45, 2.75) is 57.5 Å². The molecule has 1 aromatic heterocycles. The zero-order valence-electron chi connectivity index (χ0n) is 11.6. The SMILES string of the molecule is CC(CCc1ccco1)NC1CCCCC1C(N)=O. The number of hydrogen-bond acceptors (Lipinski definition) is 3. The van der Waals surface area contributed by atoms with Gasteiger partial charge in [0.1, 0.15) is 5.76 Å². The first kappa shape index (κ1) is 14.1. The minimum absolute atomic E-state index is 0.000173. The van der Waals surface area contributed by atoms with Crippen molar-refractivity contribution >= 4 is 5.91 Å². The summed E-state index contributed by atoms with van der Waals surface area (Å²) in [4.78, 5) is 11.5. The number of amides is 1. The van der Waals surface area contributed by atoms with Gasteiger partial charge in [0.25, 0.3) is 0 Å². The van der Waals surface area contributed by atoms with Crippen LogP contribution in [0.4, 0.5) is 0 Å². The second kappa shape index (κ2) is 6.75. The quantitative estimate of drug-likeness (QED) is 0.828. The monoisotopic (exact) mass is 264 g/mol. The Morgan fingerprint density at radius 3 is 3.00 bits per heavy atom. The smallest absolute Gasteiger partial charge is 0.222 e. The highest BCUT2D eigenvalue weighted by Gasteiger charge is 2.29. The molecule has 1 saturated carbocycles. The summed E-state index contributed by atoms with van der Waals surface area (Å²) in [6, 6.07) is 4.53. The van der Waals surface area contributed by atoms with Gasteiger partial charge in [-0.2, -0.15) is 0 Å². The Balaban J connectivity index is 1.79. The fraction of sp³-hybridized carbons (Fsp3) is 0.667. The van der Waals surface area contributed by atoms with Crippen LogP contribution in [0.1, 0.15) is 44.8 Å².